The minimum absolute atomic E-state index is 0.231. The van der Waals surface area contributed by atoms with Gasteiger partial charge < -0.3 is 15.1 Å². The highest BCUT2D eigenvalue weighted by molar-refractivity contribution is 5.70. The first-order chi connectivity index (χ1) is 16.1. The van der Waals surface area contributed by atoms with Gasteiger partial charge in [0.1, 0.15) is 0 Å². The Bertz CT molecular complexity index is 527. The molecular formula is C26H48N2O5. The second-order valence-electron chi connectivity index (χ2n) is 9.38. The summed E-state index contributed by atoms with van der Waals surface area (Å²) in [6.45, 7) is 2.91. The first-order valence-electron chi connectivity index (χ1n) is 13.3. The largest absolute Gasteiger partial charge is 0.481 e. The lowest BCUT2D eigenvalue weighted by molar-refractivity contribution is -0.143. The zero-order valence-corrected chi connectivity index (χ0v) is 20.6. The van der Waals surface area contributed by atoms with Crippen molar-refractivity contribution in [1.29, 1.82) is 0 Å². The Labute approximate surface area is 200 Å². The Kier molecular flexibility index (Phi) is 18.7. The predicted octanol–water partition coefficient (Wildman–Crippen LogP) is 5.75. The number of allylic oxidation sites excluding steroid dienone is 1. The van der Waals surface area contributed by atoms with E-state index in [0.29, 0.717) is 19.6 Å². The lowest BCUT2D eigenvalue weighted by atomic mass is 9.98. The molecule has 0 saturated carbocycles. The number of hydroxylamine groups is 1. The smallest absolute Gasteiger partial charge is 0.307 e. The Morgan fingerprint density at radius 1 is 0.879 bits per heavy atom. The van der Waals surface area contributed by atoms with Gasteiger partial charge in [0.25, 0.3) is 0 Å². The third-order valence-corrected chi connectivity index (χ3v) is 6.39. The zero-order valence-electron chi connectivity index (χ0n) is 20.6. The molecule has 1 aliphatic heterocycles. The lowest BCUT2D eigenvalue weighted by Crippen LogP contribution is -2.40. The molecule has 0 spiro atoms. The van der Waals surface area contributed by atoms with Crippen molar-refractivity contribution < 1.29 is 24.6 Å². The minimum atomic E-state index is -0.684. The van der Waals surface area contributed by atoms with Crippen LogP contribution >= 0.6 is 0 Å². The number of nitrogens with one attached hydrogen (secondary N) is 1. The van der Waals surface area contributed by atoms with E-state index in [9.17, 15) is 9.59 Å². The summed E-state index contributed by atoms with van der Waals surface area (Å²) < 4.78 is 0. The minimum Gasteiger partial charge on any atom is -0.481 e. The Morgan fingerprint density at radius 2 is 1.45 bits per heavy atom. The second-order valence-corrected chi connectivity index (χ2v) is 9.38. The van der Waals surface area contributed by atoms with E-state index < -0.39 is 11.9 Å². The van der Waals surface area contributed by atoms with E-state index >= 15 is 0 Å². The van der Waals surface area contributed by atoms with Gasteiger partial charge in [-0.3, -0.25) is 19.9 Å². The number of piperidine rings is 1. The first-order valence-corrected chi connectivity index (χ1v) is 13.3. The molecule has 1 unspecified atom stereocenters. The van der Waals surface area contributed by atoms with Crippen LogP contribution in [0.2, 0.25) is 0 Å². The fraction of sp³-hybridized carbons (Fsp3) is 0.846. The number of hydrogen-bond acceptors (Lipinski definition) is 5. The fourth-order valence-corrected chi connectivity index (χ4v) is 4.36. The van der Waals surface area contributed by atoms with Crippen LogP contribution in [0.1, 0.15) is 109 Å². The highest BCUT2D eigenvalue weighted by Crippen LogP contribution is 2.16. The van der Waals surface area contributed by atoms with Crippen molar-refractivity contribution in [3.05, 3.63) is 12.3 Å². The molecule has 0 radical (unpaired) electrons. The molecule has 1 heterocycles. The molecule has 1 saturated heterocycles. The third kappa shape index (κ3) is 18.5. The van der Waals surface area contributed by atoms with E-state index in [2.05, 4.69) is 16.5 Å². The van der Waals surface area contributed by atoms with Gasteiger partial charge in [-0.25, -0.2) is 0 Å². The van der Waals surface area contributed by atoms with Crippen LogP contribution in [-0.4, -0.2) is 53.3 Å². The van der Waals surface area contributed by atoms with E-state index in [4.69, 9.17) is 15.1 Å². The van der Waals surface area contributed by atoms with Gasteiger partial charge in [-0.2, -0.15) is 0 Å². The number of carbonyl (C=O) groups is 2. The number of nitrogens with zero attached hydrogens (tertiary/aromatic N) is 1. The molecule has 0 aromatic rings. The van der Waals surface area contributed by atoms with E-state index in [0.717, 1.165) is 45.2 Å². The van der Waals surface area contributed by atoms with Crippen molar-refractivity contribution in [3.8, 4) is 0 Å². The van der Waals surface area contributed by atoms with Crippen LogP contribution in [0.25, 0.3) is 0 Å². The van der Waals surface area contributed by atoms with Crippen molar-refractivity contribution in [2.45, 2.75) is 109 Å². The summed E-state index contributed by atoms with van der Waals surface area (Å²) in [4.78, 5) is 29.1. The van der Waals surface area contributed by atoms with Crippen LogP contribution in [-0.2, 0) is 14.4 Å². The van der Waals surface area contributed by atoms with Crippen LogP contribution in [0.5, 0.6) is 0 Å². The molecule has 3 N–H and O–H groups in total. The Balaban J connectivity index is 1.75. The van der Waals surface area contributed by atoms with Gasteiger partial charge >= 0.3 is 11.9 Å². The fourth-order valence-electron chi connectivity index (χ4n) is 4.36. The lowest BCUT2D eigenvalue weighted by Gasteiger charge is -2.30. The molecule has 7 heteroatoms. The number of rotatable bonds is 22. The van der Waals surface area contributed by atoms with Crippen molar-refractivity contribution in [3.63, 3.8) is 0 Å². The van der Waals surface area contributed by atoms with Gasteiger partial charge in [-0.1, -0.05) is 76.7 Å². The van der Waals surface area contributed by atoms with Crippen LogP contribution < -0.4 is 5.48 Å². The maximum atomic E-state index is 11.1. The molecule has 1 rings (SSSR count). The van der Waals surface area contributed by atoms with Crippen LogP contribution in [0.4, 0.5) is 0 Å². The van der Waals surface area contributed by atoms with Gasteiger partial charge in [0.2, 0.25) is 0 Å². The van der Waals surface area contributed by atoms with E-state index in [1.807, 2.05) is 6.20 Å². The summed E-state index contributed by atoms with van der Waals surface area (Å²) in [5, 5.41) is 17.7. The van der Waals surface area contributed by atoms with Gasteiger partial charge in [-0.15, -0.1) is 0 Å². The van der Waals surface area contributed by atoms with Gasteiger partial charge in [0, 0.05) is 25.7 Å². The third-order valence-electron chi connectivity index (χ3n) is 6.39. The average molecular weight is 469 g/mol. The van der Waals surface area contributed by atoms with Crippen LogP contribution in [0.3, 0.4) is 0 Å². The average Bonchev–Trinajstić information content (AvgIpc) is 2.80. The van der Waals surface area contributed by atoms with E-state index in [1.165, 1.54) is 70.6 Å². The molecule has 1 fully saturated rings. The summed E-state index contributed by atoms with van der Waals surface area (Å²) in [6.07, 6.45) is 23.2. The van der Waals surface area contributed by atoms with Crippen molar-refractivity contribution in [2.24, 2.45) is 5.92 Å². The van der Waals surface area contributed by atoms with Crippen molar-refractivity contribution >= 4 is 11.9 Å². The highest BCUT2D eigenvalue weighted by Gasteiger charge is 2.24. The van der Waals surface area contributed by atoms with Crippen LogP contribution in [0.15, 0.2) is 12.3 Å². The molecule has 192 valence electrons. The number of unbranched alkanes of at least 4 members (excludes halogenated alkanes) is 13. The number of hydrogen-bond donors (Lipinski definition) is 3. The van der Waals surface area contributed by atoms with Gasteiger partial charge in [-0.05, 0) is 38.6 Å². The van der Waals surface area contributed by atoms with Crippen LogP contribution in [0, 0.1) is 5.92 Å². The normalized spacial score (nSPS) is 16.9. The van der Waals surface area contributed by atoms with Gasteiger partial charge in [0.15, 0.2) is 0 Å². The topological polar surface area (TPSA) is 99.1 Å². The van der Waals surface area contributed by atoms with E-state index in [-0.39, 0.29) is 5.92 Å². The molecule has 7 nitrogen and oxygen atoms in total. The Morgan fingerprint density at radius 3 is 2.03 bits per heavy atom. The first kappa shape index (κ1) is 29.4. The number of carboxylic acids is 2. The summed E-state index contributed by atoms with van der Waals surface area (Å²) in [6, 6.07) is 0. The van der Waals surface area contributed by atoms with Gasteiger partial charge in [0.05, 0.1) is 12.5 Å². The maximum Gasteiger partial charge on any atom is 0.307 e. The number of likely N-dealkylation sites (tertiary alicyclic amines) is 1. The molecule has 0 aromatic carbocycles. The SMILES string of the molecule is O=C(O)CCCCCCCCCCCCCCCC=CNOCCN1CCCC(C(=O)O)C1. The summed E-state index contributed by atoms with van der Waals surface area (Å²) >= 11 is 0. The van der Waals surface area contributed by atoms with Crippen molar-refractivity contribution in [2.75, 3.05) is 26.2 Å². The molecular weight excluding hydrogens is 420 g/mol. The molecule has 0 aliphatic carbocycles. The summed E-state index contributed by atoms with van der Waals surface area (Å²) in [5.74, 6) is -1.59. The summed E-state index contributed by atoms with van der Waals surface area (Å²) in [5.41, 5.74) is 2.87. The molecule has 0 aromatic heterocycles. The molecule has 1 aliphatic rings. The molecule has 33 heavy (non-hydrogen) atoms. The Hall–Kier alpha value is -1.60. The standard InChI is InChI=1S/C26H48N2O5/c29-25(30)18-14-12-10-8-6-4-2-1-3-5-7-9-11-13-15-19-27-33-22-21-28-20-16-17-24(23-28)26(31)32/h15,19,24,27H,1-14,16-18,20-23H2,(H,29,30)(H,31,32). The number of aliphatic carboxylic acids is 2. The zero-order chi connectivity index (χ0) is 24.0. The molecule has 0 amide bonds. The maximum absolute atomic E-state index is 11.1. The second kappa shape index (κ2) is 21.0. The molecule has 0 bridgehead atoms. The quantitative estimate of drug-likeness (QED) is 0.137. The van der Waals surface area contributed by atoms with Crippen molar-refractivity contribution in [1.82, 2.24) is 10.4 Å². The monoisotopic (exact) mass is 468 g/mol. The number of carboxylic acid groups (broad SMARTS) is 2. The summed E-state index contributed by atoms with van der Waals surface area (Å²) in [7, 11) is 0. The van der Waals surface area contributed by atoms with E-state index in [1.54, 1.807) is 0 Å². The predicted molar refractivity (Wildman–Crippen MR) is 132 cm³/mol. The molecule has 1 atom stereocenters. The highest BCUT2D eigenvalue weighted by atomic mass is 16.6.